The second kappa shape index (κ2) is 6.58. The van der Waals surface area contributed by atoms with Gasteiger partial charge in [-0.05, 0) is 33.6 Å². The average molecular weight is 338 g/mol. The number of amidine groups is 1. The van der Waals surface area contributed by atoms with Gasteiger partial charge in [0.15, 0.2) is 5.84 Å². The molecule has 0 aliphatic carbocycles. The highest BCUT2D eigenvalue weighted by Gasteiger charge is 2.08. The van der Waals surface area contributed by atoms with Crippen molar-refractivity contribution in [3.8, 4) is 0 Å². The summed E-state index contributed by atoms with van der Waals surface area (Å²) < 4.78 is 0.960. The van der Waals surface area contributed by atoms with Gasteiger partial charge in [0.05, 0.1) is 0 Å². The van der Waals surface area contributed by atoms with E-state index in [0.717, 1.165) is 20.6 Å². The summed E-state index contributed by atoms with van der Waals surface area (Å²) in [6, 6.07) is 11.4. The molecule has 6 heteroatoms. The van der Waals surface area contributed by atoms with E-state index in [1.165, 1.54) is 0 Å². The second-order valence-corrected chi connectivity index (χ2v) is 5.54. The van der Waals surface area contributed by atoms with Crippen molar-refractivity contribution in [1.29, 1.82) is 0 Å². The zero-order valence-corrected chi connectivity index (χ0v) is 12.4. The average Bonchev–Trinajstić information content (AvgIpc) is 2.46. The van der Waals surface area contributed by atoms with Crippen LogP contribution in [0.2, 0.25) is 0 Å². The number of aromatic nitrogens is 1. The molecule has 0 aliphatic rings. The van der Waals surface area contributed by atoms with E-state index in [9.17, 15) is 0 Å². The Morgan fingerprint density at radius 2 is 2.11 bits per heavy atom. The lowest BCUT2D eigenvalue weighted by Crippen LogP contribution is -2.15. The van der Waals surface area contributed by atoms with Gasteiger partial charge in [-0.15, -0.1) is 11.8 Å². The number of benzene rings is 1. The highest BCUT2D eigenvalue weighted by molar-refractivity contribution is 9.10. The number of halogens is 1. The van der Waals surface area contributed by atoms with Crippen molar-refractivity contribution in [3.63, 3.8) is 0 Å². The van der Waals surface area contributed by atoms with Crippen molar-refractivity contribution in [2.75, 3.05) is 0 Å². The molecule has 0 spiro atoms. The quantitative estimate of drug-likeness (QED) is 0.295. The molecule has 0 amide bonds. The molecule has 2 rings (SSSR count). The second-order valence-electron chi connectivity index (χ2n) is 3.72. The molecule has 1 heterocycles. The van der Waals surface area contributed by atoms with Crippen LogP contribution in [0.5, 0.6) is 0 Å². The lowest BCUT2D eigenvalue weighted by Gasteiger charge is -2.08. The lowest BCUT2D eigenvalue weighted by atomic mass is 10.1. The van der Waals surface area contributed by atoms with Crippen LogP contribution in [0.3, 0.4) is 0 Å². The Kier molecular flexibility index (Phi) is 4.81. The Bertz CT molecular complexity index is 604. The zero-order valence-electron chi connectivity index (χ0n) is 9.95. The first-order valence-corrected chi connectivity index (χ1v) is 7.29. The summed E-state index contributed by atoms with van der Waals surface area (Å²) in [5, 5.41) is 12.7. The largest absolute Gasteiger partial charge is 0.409 e. The normalized spacial score (nSPS) is 11.5. The van der Waals surface area contributed by atoms with E-state index < -0.39 is 0 Å². The SMILES string of the molecule is NC(=NO)c1ccccc1CSc1ncccc1Br. The van der Waals surface area contributed by atoms with Crippen molar-refractivity contribution in [1.82, 2.24) is 4.98 Å². The maximum Gasteiger partial charge on any atom is 0.170 e. The van der Waals surface area contributed by atoms with Crippen LogP contribution in [0.15, 0.2) is 57.2 Å². The van der Waals surface area contributed by atoms with Gasteiger partial charge in [-0.25, -0.2) is 4.98 Å². The van der Waals surface area contributed by atoms with Gasteiger partial charge in [0, 0.05) is 22.0 Å². The van der Waals surface area contributed by atoms with Gasteiger partial charge >= 0.3 is 0 Å². The van der Waals surface area contributed by atoms with E-state index in [1.54, 1.807) is 18.0 Å². The Morgan fingerprint density at radius 1 is 1.32 bits per heavy atom. The van der Waals surface area contributed by atoms with Gasteiger partial charge in [0.25, 0.3) is 0 Å². The van der Waals surface area contributed by atoms with Crippen molar-refractivity contribution >= 4 is 33.5 Å². The summed E-state index contributed by atoms with van der Waals surface area (Å²) in [6.07, 6.45) is 1.75. The minimum atomic E-state index is 0.122. The zero-order chi connectivity index (χ0) is 13.7. The van der Waals surface area contributed by atoms with Crippen molar-refractivity contribution < 1.29 is 5.21 Å². The maximum atomic E-state index is 8.78. The highest BCUT2D eigenvalue weighted by Crippen LogP contribution is 2.28. The van der Waals surface area contributed by atoms with Gasteiger partial charge in [-0.3, -0.25) is 0 Å². The highest BCUT2D eigenvalue weighted by atomic mass is 79.9. The summed E-state index contributed by atoms with van der Waals surface area (Å²) in [5.74, 6) is 0.818. The monoisotopic (exact) mass is 337 g/mol. The number of nitrogens with zero attached hydrogens (tertiary/aromatic N) is 2. The van der Waals surface area contributed by atoms with E-state index in [2.05, 4.69) is 26.1 Å². The first kappa shape index (κ1) is 13.9. The van der Waals surface area contributed by atoms with Gasteiger partial charge in [0.1, 0.15) is 5.03 Å². The molecule has 1 aromatic heterocycles. The maximum absolute atomic E-state index is 8.78. The van der Waals surface area contributed by atoms with E-state index in [1.807, 2.05) is 36.4 Å². The van der Waals surface area contributed by atoms with E-state index in [0.29, 0.717) is 5.75 Å². The fourth-order valence-corrected chi connectivity index (χ4v) is 3.06. The molecule has 1 aromatic carbocycles. The molecule has 0 aliphatic heterocycles. The number of nitrogens with two attached hydrogens (primary N) is 1. The summed E-state index contributed by atoms with van der Waals surface area (Å²) in [7, 11) is 0. The molecule has 3 N–H and O–H groups in total. The fraction of sp³-hybridized carbons (Fsp3) is 0.0769. The molecule has 0 unspecified atom stereocenters. The molecule has 4 nitrogen and oxygen atoms in total. The van der Waals surface area contributed by atoms with Gasteiger partial charge in [-0.2, -0.15) is 0 Å². The van der Waals surface area contributed by atoms with Crippen molar-refractivity contribution in [2.45, 2.75) is 10.8 Å². The lowest BCUT2D eigenvalue weighted by molar-refractivity contribution is 0.318. The first-order valence-electron chi connectivity index (χ1n) is 5.51. The summed E-state index contributed by atoms with van der Waals surface area (Å²) in [5.41, 5.74) is 7.40. The Balaban J connectivity index is 2.19. The summed E-state index contributed by atoms with van der Waals surface area (Å²) >= 11 is 5.05. The van der Waals surface area contributed by atoms with Crippen LogP contribution < -0.4 is 5.73 Å². The van der Waals surface area contributed by atoms with Crippen LogP contribution in [0.25, 0.3) is 0 Å². The molecule has 0 saturated heterocycles. The summed E-state index contributed by atoms with van der Waals surface area (Å²) in [4.78, 5) is 4.29. The molecule has 2 aromatic rings. The standard InChI is InChI=1S/C13H12BrN3OS/c14-11-6-3-7-16-13(11)19-8-9-4-1-2-5-10(9)12(15)17-18/h1-7,18H,8H2,(H2,15,17). The number of pyridine rings is 1. The van der Waals surface area contributed by atoms with Crippen LogP contribution >= 0.6 is 27.7 Å². The number of rotatable bonds is 4. The van der Waals surface area contributed by atoms with E-state index in [-0.39, 0.29) is 5.84 Å². The van der Waals surface area contributed by atoms with Crippen LogP contribution in [0, 0.1) is 0 Å². The Hall–Kier alpha value is -1.53. The number of hydrogen-bond donors (Lipinski definition) is 2. The third kappa shape index (κ3) is 3.48. The molecule has 0 saturated carbocycles. The molecular formula is C13H12BrN3OS. The molecule has 0 bridgehead atoms. The molecule has 98 valence electrons. The fourth-order valence-electron chi connectivity index (χ4n) is 1.57. The third-order valence-corrected chi connectivity index (χ3v) is 4.45. The van der Waals surface area contributed by atoms with Crippen molar-refractivity contribution in [2.24, 2.45) is 10.9 Å². The van der Waals surface area contributed by atoms with Crippen molar-refractivity contribution in [3.05, 3.63) is 58.2 Å². The van der Waals surface area contributed by atoms with Crippen LogP contribution in [-0.2, 0) is 5.75 Å². The van der Waals surface area contributed by atoms with Gasteiger partial charge < -0.3 is 10.9 Å². The van der Waals surface area contributed by atoms with Crippen LogP contribution in [0.1, 0.15) is 11.1 Å². The Labute approximate surface area is 123 Å². The van der Waals surface area contributed by atoms with Crippen LogP contribution in [0.4, 0.5) is 0 Å². The van der Waals surface area contributed by atoms with Gasteiger partial charge in [-0.1, -0.05) is 29.4 Å². The minimum absolute atomic E-state index is 0.122. The summed E-state index contributed by atoms with van der Waals surface area (Å²) in [6.45, 7) is 0. The molecule has 0 radical (unpaired) electrons. The molecular weight excluding hydrogens is 326 g/mol. The van der Waals surface area contributed by atoms with E-state index >= 15 is 0 Å². The third-order valence-electron chi connectivity index (χ3n) is 2.49. The molecule has 0 fully saturated rings. The smallest absolute Gasteiger partial charge is 0.170 e. The predicted octanol–water partition coefficient (Wildman–Crippen LogP) is 3.23. The Morgan fingerprint density at radius 3 is 2.84 bits per heavy atom. The first-order chi connectivity index (χ1) is 9.22. The number of thioether (sulfide) groups is 1. The topological polar surface area (TPSA) is 71.5 Å². The molecule has 0 atom stereocenters. The van der Waals surface area contributed by atoms with Gasteiger partial charge in [0.2, 0.25) is 0 Å². The minimum Gasteiger partial charge on any atom is -0.409 e. The number of hydrogen-bond acceptors (Lipinski definition) is 4. The predicted molar refractivity (Wildman–Crippen MR) is 80.5 cm³/mol. The van der Waals surface area contributed by atoms with Crippen LogP contribution in [-0.4, -0.2) is 16.0 Å². The number of oxime groups is 1. The molecule has 19 heavy (non-hydrogen) atoms. The van der Waals surface area contributed by atoms with E-state index in [4.69, 9.17) is 10.9 Å².